The van der Waals surface area contributed by atoms with Crippen molar-refractivity contribution in [2.45, 2.75) is 0 Å². The van der Waals surface area contributed by atoms with Gasteiger partial charge in [-0.25, -0.2) is 5.43 Å². The summed E-state index contributed by atoms with van der Waals surface area (Å²) in [6.45, 7) is 0. The number of hydrogen-bond donors (Lipinski definition) is 2. The van der Waals surface area contributed by atoms with Gasteiger partial charge in [0.1, 0.15) is 5.75 Å². The highest BCUT2D eigenvalue weighted by molar-refractivity contribution is 5.95. The Morgan fingerprint density at radius 2 is 2.06 bits per heavy atom. The van der Waals surface area contributed by atoms with Crippen LogP contribution in [0, 0.1) is 0 Å². The van der Waals surface area contributed by atoms with Gasteiger partial charge in [0.25, 0.3) is 5.91 Å². The minimum atomic E-state index is -0.379. The standard InChI is InChI=1S/C13H11N3O2/c17-12-3-1-2-11(8-12)13(18)16-15-9-10-4-6-14-7-5-10/h1-9,17H,(H,16,18)/b15-9-. The second-order valence-electron chi connectivity index (χ2n) is 3.53. The average Bonchev–Trinajstić information content (AvgIpc) is 2.40. The fourth-order valence-electron chi connectivity index (χ4n) is 1.33. The molecule has 1 heterocycles. The van der Waals surface area contributed by atoms with Gasteiger partial charge in [0, 0.05) is 18.0 Å². The zero-order chi connectivity index (χ0) is 12.8. The molecule has 0 radical (unpaired) electrons. The first-order valence-corrected chi connectivity index (χ1v) is 5.28. The number of benzene rings is 1. The summed E-state index contributed by atoms with van der Waals surface area (Å²) in [5.41, 5.74) is 3.56. The molecule has 0 saturated carbocycles. The number of aromatic nitrogens is 1. The molecule has 90 valence electrons. The molecule has 0 aliphatic heterocycles. The van der Waals surface area contributed by atoms with E-state index in [1.54, 1.807) is 36.7 Å². The minimum absolute atomic E-state index is 0.0424. The molecule has 0 bridgehead atoms. The van der Waals surface area contributed by atoms with Gasteiger partial charge in [-0.15, -0.1) is 0 Å². The van der Waals surface area contributed by atoms with E-state index >= 15 is 0 Å². The number of carbonyl (C=O) groups is 1. The summed E-state index contributed by atoms with van der Waals surface area (Å²) in [7, 11) is 0. The van der Waals surface area contributed by atoms with Crippen LogP contribution in [0.15, 0.2) is 53.9 Å². The Morgan fingerprint density at radius 1 is 1.28 bits per heavy atom. The normalized spacial score (nSPS) is 10.4. The monoisotopic (exact) mass is 241 g/mol. The molecule has 0 unspecified atom stereocenters. The summed E-state index contributed by atoms with van der Waals surface area (Å²) >= 11 is 0. The van der Waals surface area contributed by atoms with Crippen LogP contribution in [0.5, 0.6) is 5.75 Å². The molecule has 2 aromatic rings. The molecular weight excluding hydrogens is 230 g/mol. The first-order valence-electron chi connectivity index (χ1n) is 5.28. The largest absolute Gasteiger partial charge is 0.508 e. The summed E-state index contributed by atoms with van der Waals surface area (Å²) in [6.07, 6.45) is 4.79. The molecule has 0 fully saturated rings. The van der Waals surface area contributed by atoms with E-state index in [4.69, 9.17) is 0 Å². The molecule has 0 atom stereocenters. The van der Waals surface area contributed by atoms with Crippen molar-refractivity contribution in [3.8, 4) is 5.75 Å². The molecule has 1 amide bonds. The number of pyridine rings is 1. The predicted molar refractivity (Wildman–Crippen MR) is 67.4 cm³/mol. The van der Waals surface area contributed by atoms with Crippen LogP contribution in [0.25, 0.3) is 0 Å². The van der Waals surface area contributed by atoms with Gasteiger partial charge in [-0.3, -0.25) is 9.78 Å². The van der Waals surface area contributed by atoms with Crippen LogP contribution in [-0.4, -0.2) is 22.2 Å². The van der Waals surface area contributed by atoms with Crippen LogP contribution in [0.2, 0.25) is 0 Å². The average molecular weight is 241 g/mol. The number of phenols is 1. The van der Waals surface area contributed by atoms with Crippen molar-refractivity contribution < 1.29 is 9.90 Å². The maximum atomic E-state index is 11.6. The van der Waals surface area contributed by atoms with E-state index in [-0.39, 0.29) is 11.7 Å². The van der Waals surface area contributed by atoms with Crippen LogP contribution >= 0.6 is 0 Å². The van der Waals surface area contributed by atoms with Gasteiger partial charge < -0.3 is 5.11 Å². The first-order chi connectivity index (χ1) is 8.75. The Morgan fingerprint density at radius 3 is 2.78 bits per heavy atom. The summed E-state index contributed by atoms with van der Waals surface area (Å²) in [4.78, 5) is 15.5. The molecule has 5 nitrogen and oxygen atoms in total. The Kier molecular flexibility index (Phi) is 3.66. The summed E-state index contributed by atoms with van der Waals surface area (Å²) < 4.78 is 0. The number of hydrazone groups is 1. The van der Waals surface area contributed by atoms with E-state index in [1.807, 2.05) is 0 Å². The molecule has 2 rings (SSSR count). The fourth-order valence-corrected chi connectivity index (χ4v) is 1.33. The molecule has 0 aliphatic carbocycles. The Hall–Kier alpha value is -2.69. The molecular formula is C13H11N3O2. The zero-order valence-electron chi connectivity index (χ0n) is 9.45. The molecule has 5 heteroatoms. The van der Waals surface area contributed by atoms with Gasteiger partial charge >= 0.3 is 0 Å². The van der Waals surface area contributed by atoms with Crippen molar-refractivity contribution in [2.24, 2.45) is 5.10 Å². The Labute approximate surface area is 104 Å². The number of rotatable bonds is 3. The number of nitrogens with one attached hydrogen (secondary N) is 1. The van der Waals surface area contributed by atoms with Crippen molar-refractivity contribution >= 4 is 12.1 Å². The second-order valence-corrected chi connectivity index (χ2v) is 3.53. The lowest BCUT2D eigenvalue weighted by atomic mass is 10.2. The Balaban J connectivity index is 1.99. The SMILES string of the molecule is O=C(N/N=C\c1ccncc1)c1cccc(O)c1. The minimum Gasteiger partial charge on any atom is -0.508 e. The van der Waals surface area contributed by atoms with Crippen molar-refractivity contribution in [3.63, 3.8) is 0 Å². The van der Waals surface area contributed by atoms with Crippen LogP contribution in [0.3, 0.4) is 0 Å². The predicted octanol–water partition coefficient (Wildman–Crippen LogP) is 1.55. The highest BCUT2D eigenvalue weighted by atomic mass is 16.3. The quantitative estimate of drug-likeness (QED) is 0.632. The van der Waals surface area contributed by atoms with Gasteiger partial charge in [0.15, 0.2) is 0 Å². The number of amides is 1. The van der Waals surface area contributed by atoms with Gasteiger partial charge in [-0.1, -0.05) is 6.07 Å². The number of phenolic OH excluding ortho intramolecular Hbond substituents is 1. The molecule has 2 N–H and O–H groups in total. The second kappa shape index (κ2) is 5.58. The lowest BCUT2D eigenvalue weighted by Gasteiger charge is -2.00. The molecule has 0 aliphatic rings. The smallest absolute Gasteiger partial charge is 0.271 e. The number of nitrogens with zero attached hydrogens (tertiary/aromatic N) is 2. The zero-order valence-corrected chi connectivity index (χ0v) is 9.45. The third-order valence-electron chi connectivity index (χ3n) is 2.19. The van der Waals surface area contributed by atoms with Crippen molar-refractivity contribution in [3.05, 3.63) is 59.9 Å². The van der Waals surface area contributed by atoms with E-state index in [9.17, 15) is 9.90 Å². The highest BCUT2D eigenvalue weighted by Gasteiger charge is 2.03. The van der Waals surface area contributed by atoms with Gasteiger partial charge in [0.2, 0.25) is 0 Å². The molecule has 18 heavy (non-hydrogen) atoms. The van der Waals surface area contributed by atoms with E-state index in [1.165, 1.54) is 18.3 Å². The topological polar surface area (TPSA) is 74.6 Å². The van der Waals surface area contributed by atoms with Crippen LogP contribution in [-0.2, 0) is 0 Å². The van der Waals surface area contributed by atoms with E-state index in [2.05, 4.69) is 15.5 Å². The number of carbonyl (C=O) groups excluding carboxylic acids is 1. The third kappa shape index (κ3) is 3.15. The first kappa shape index (κ1) is 11.8. The van der Waals surface area contributed by atoms with E-state index < -0.39 is 0 Å². The van der Waals surface area contributed by atoms with E-state index in [0.717, 1.165) is 5.56 Å². The van der Waals surface area contributed by atoms with Crippen molar-refractivity contribution in [1.29, 1.82) is 0 Å². The molecule has 1 aromatic heterocycles. The van der Waals surface area contributed by atoms with Crippen molar-refractivity contribution in [2.75, 3.05) is 0 Å². The van der Waals surface area contributed by atoms with Crippen LogP contribution < -0.4 is 5.43 Å². The lowest BCUT2D eigenvalue weighted by molar-refractivity contribution is 0.0954. The summed E-state index contributed by atoms with van der Waals surface area (Å²) in [5, 5.41) is 13.1. The maximum Gasteiger partial charge on any atom is 0.271 e. The van der Waals surface area contributed by atoms with Gasteiger partial charge in [0.05, 0.1) is 6.21 Å². The summed E-state index contributed by atoms with van der Waals surface area (Å²) in [5.74, 6) is -0.336. The molecule has 0 spiro atoms. The lowest BCUT2D eigenvalue weighted by Crippen LogP contribution is -2.17. The summed E-state index contributed by atoms with van der Waals surface area (Å²) in [6, 6.07) is 9.59. The van der Waals surface area contributed by atoms with Crippen LogP contribution in [0.4, 0.5) is 0 Å². The molecule has 0 saturated heterocycles. The maximum absolute atomic E-state index is 11.6. The third-order valence-corrected chi connectivity index (χ3v) is 2.19. The van der Waals surface area contributed by atoms with Gasteiger partial charge in [-0.2, -0.15) is 5.10 Å². The van der Waals surface area contributed by atoms with Gasteiger partial charge in [-0.05, 0) is 35.9 Å². The van der Waals surface area contributed by atoms with Crippen molar-refractivity contribution in [1.82, 2.24) is 10.4 Å². The number of hydrogen-bond acceptors (Lipinski definition) is 4. The van der Waals surface area contributed by atoms with E-state index in [0.29, 0.717) is 5.56 Å². The highest BCUT2D eigenvalue weighted by Crippen LogP contribution is 2.10. The molecule has 1 aromatic carbocycles. The van der Waals surface area contributed by atoms with Crippen LogP contribution in [0.1, 0.15) is 15.9 Å². The Bertz CT molecular complexity index is 567. The fraction of sp³-hybridized carbons (Fsp3) is 0. The number of aromatic hydroxyl groups is 1.